The summed E-state index contributed by atoms with van der Waals surface area (Å²) in [6, 6.07) is 4.76. The zero-order valence-corrected chi connectivity index (χ0v) is 12.8. The number of carbonyl (C=O) groups excluding carboxylic acids is 2. The number of halogens is 1. The summed E-state index contributed by atoms with van der Waals surface area (Å²) in [5.74, 6) is -2.19. The highest BCUT2D eigenvalue weighted by Crippen LogP contribution is 2.33. The Hall–Kier alpha value is -2.08. The van der Waals surface area contributed by atoms with Crippen LogP contribution in [0.2, 0.25) is 5.02 Å². The van der Waals surface area contributed by atoms with Gasteiger partial charge in [0.15, 0.2) is 0 Å². The summed E-state index contributed by atoms with van der Waals surface area (Å²) in [7, 11) is 0. The van der Waals surface area contributed by atoms with E-state index in [1.807, 2.05) is 0 Å². The first-order valence-corrected chi connectivity index (χ1v) is 7.35. The van der Waals surface area contributed by atoms with Crippen LogP contribution in [0.1, 0.15) is 26.2 Å². The molecule has 0 radical (unpaired) electrons. The minimum absolute atomic E-state index is 0.252. The number of carbonyl (C=O) groups is 3. The molecule has 0 unspecified atom stereocenters. The van der Waals surface area contributed by atoms with Crippen LogP contribution in [0, 0.1) is 11.8 Å². The number of benzene rings is 1. The Morgan fingerprint density at radius 1 is 1.14 bits per heavy atom. The molecule has 22 heavy (non-hydrogen) atoms. The maximum atomic E-state index is 12.3. The van der Waals surface area contributed by atoms with E-state index in [-0.39, 0.29) is 17.7 Å². The number of aliphatic carboxylic acids is 1. The van der Waals surface area contributed by atoms with Gasteiger partial charge in [0.05, 0.1) is 17.3 Å². The molecule has 1 aromatic carbocycles. The average molecular weight is 325 g/mol. The van der Waals surface area contributed by atoms with Crippen LogP contribution in [0.15, 0.2) is 18.2 Å². The fourth-order valence-corrected chi connectivity index (χ4v) is 2.77. The summed E-state index contributed by atoms with van der Waals surface area (Å²) in [6.45, 7) is 1.37. The molecule has 6 nitrogen and oxygen atoms in total. The SMILES string of the molecule is CC(=O)Nc1ccc(Cl)cc1NC(=O)[C@@H]1CC[C@H](C(=O)O)C1. The van der Waals surface area contributed by atoms with Crippen molar-refractivity contribution in [3.05, 3.63) is 23.2 Å². The van der Waals surface area contributed by atoms with Crippen molar-refractivity contribution in [3.63, 3.8) is 0 Å². The molecule has 118 valence electrons. The van der Waals surface area contributed by atoms with Gasteiger partial charge in [0.1, 0.15) is 0 Å². The summed E-state index contributed by atoms with van der Waals surface area (Å²) < 4.78 is 0. The second-order valence-electron chi connectivity index (χ2n) is 5.41. The van der Waals surface area contributed by atoms with E-state index in [1.165, 1.54) is 6.92 Å². The highest BCUT2D eigenvalue weighted by molar-refractivity contribution is 6.31. The minimum Gasteiger partial charge on any atom is -0.481 e. The number of anilines is 2. The topological polar surface area (TPSA) is 95.5 Å². The van der Waals surface area contributed by atoms with Crippen molar-refractivity contribution >= 4 is 40.8 Å². The molecule has 0 aliphatic heterocycles. The van der Waals surface area contributed by atoms with Gasteiger partial charge in [-0.05, 0) is 37.5 Å². The molecule has 3 N–H and O–H groups in total. The lowest BCUT2D eigenvalue weighted by molar-refractivity contribution is -0.141. The molecule has 2 atom stereocenters. The third-order valence-electron chi connectivity index (χ3n) is 3.70. The van der Waals surface area contributed by atoms with Gasteiger partial charge in [0, 0.05) is 17.9 Å². The quantitative estimate of drug-likeness (QED) is 0.793. The summed E-state index contributed by atoms with van der Waals surface area (Å²) in [5.41, 5.74) is 0.865. The first kappa shape index (κ1) is 16.3. The smallest absolute Gasteiger partial charge is 0.306 e. The van der Waals surface area contributed by atoms with Crippen LogP contribution in [-0.4, -0.2) is 22.9 Å². The van der Waals surface area contributed by atoms with Crippen LogP contribution in [0.25, 0.3) is 0 Å². The highest BCUT2D eigenvalue weighted by Gasteiger charge is 2.34. The summed E-state index contributed by atoms with van der Waals surface area (Å²) in [4.78, 5) is 34.4. The molecule has 1 aliphatic carbocycles. The van der Waals surface area contributed by atoms with Gasteiger partial charge in [-0.15, -0.1) is 0 Å². The highest BCUT2D eigenvalue weighted by atomic mass is 35.5. The number of hydrogen-bond acceptors (Lipinski definition) is 3. The molecule has 0 aromatic heterocycles. The zero-order chi connectivity index (χ0) is 16.3. The van der Waals surface area contributed by atoms with Gasteiger partial charge in [0.2, 0.25) is 11.8 Å². The van der Waals surface area contributed by atoms with E-state index in [0.717, 1.165) is 0 Å². The van der Waals surface area contributed by atoms with Gasteiger partial charge in [-0.25, -0.2) is 0 Å². The lowest BCUT2D eigenvalue weighted by atomic mass is 10.0. The van der Waals surface area contributed by atoms with Crippen LogP contribution in [0.5, 0.6) is 0 Å². The van der Waals surface area contributed by atoms with Crippen LogP contribution < -0.4 is 10.6 Å². The average Bonchev–Trinajstić information content (AvgIpc) is 2.91. The van der Waals surface area contributed by atoms with Gasteiger partial charge < -0.3 is 15.7 Å². The molecular formula is C15H17ClN2O4. The van der Waals surface area contributed by atoms with Crippen molar-refractivity contribution in [2.75, 3.05) is 10.6 Å². The van der Waals surface area contributed by atoms with Gasteiger partial charge in [-0.2, -0.15) is 0 Å². The van der Waals surface area contributed by atoms with Gasteiger partial charge in [0.25, 0.3) is 0 Å². The first-order valence-electron chi connectivity index (χ1n) is 6.97. The number of carboxylic acids is 1. The molecule has 2 rings (SSSR count). The lowest BCUT2D eigenvalue weighted by Crippen LogP contribution is -2.22. The molecule has 0 saturated heterocycles. The van der Waals surface area contributed by atoms with Crippen molar-refractivity contribution < 1.29 is 19.5 Å². The summed E-state index contributed by atoms with van der Waals surface area (Å²) in [5, 5.41) is 14.8. The standard InChI is InChI=1S/C15H17ClN2O4/c1-8(19)17-12-5-4-11(16)7-13(12)18-14(20)9-2-3-10(6-9)15(21)22/h4-5,7,9-10H,2-3,6H2,1H3,(H,17,19)(H,18,20)(H,21,22)/t9-,10+/m1/s1. The fourth-order valence-electron chi connectivity index (χ4n) is 2.60. The van der Waals surface area contributed by atoms with E-state index in [1.54, 1.807) is 18.2 Å². The largest absolute Gasteiger partial charge is 0.481 e. The van der Waals surface area contributed by atoms with E-state index in [0.29, 0.717) is 35.7 Å². The van der Waals surface area contributed by atoms with Crippen molar-refractivity contribution in [3.8, 4) is 0 Å². The van der Waals surface area contributed by atoms with E-state index < -0.39 is 11.9 Å². The summed E-state index contributed by atoms with van der Waals surface area (Å²) >= 11 is 5.92. The Bertz CT molecular complexity index is 618. The van der Waals surface area contributed by atoms with Crippen LogP contribution in [0.3, 0.4) is 0 Å². The summed E-state index contributed by atoms with van der Waals surface area (Å²) in [6.07, 6.45) is 1.37. The van der Waals surface area contributed by atoms with E-state index in [9.17, 15) is 14.4 Å². The van der Waals surface area contributed by atoms with Crippen molar-refractivity contribution in [2.45, 2.75) is 26.2 Å². The molecule has 7 heteroatoms. The molecule has 0 spiro atoms. The maximum Gasteiger partial charge on any atom is 0.306 e. The zero-order valence-electron chi connectivity index (χ0n) is 12.1. The van der Waals surface area contributed by atoms with Gasteiger partial charge >= 0.3 is 5.97 Å². The van der Waals surface area contributed by atoms with E-state index in [4.69, 9.17) is 16.7 Å². The monoisotopic (exact) mass is 324 g/mol. The predicted octanol–water partition coefficient (Wildman–Crippen LogP) is 2.74. The number of hydrogen-bond donors (Lipinski definition) is 3. The molecule has 1 aliphatic rings. The molecular weight excluding hydrogens is 308 g/mol. The number of carboxylic acid groups (broad SMARTS) is 1. The fraction of sp³-hybridized carbons (Fsp3) is 0.400. The predicted molar refractivity (Wildman–Crippen MR) is 82.9 cm³/mol. The van der Waals surface area contributed by atoms with Gasteiger partial charge in [-0.3, -0.25) is 14.4 Å². The Morgan fingerprint density at radius 3 is 2.41 bits per heavy atom. The lowest BCUT2D eigenvalue weighted by Gasteiger charge is -2.15. The Labute approximate surface area is 132 Å². The Morgan fingerprint density at radius 2 is 1.82 bits per heavy atom. The molecule has 1 fully saturated rings. The molecule has 2 amide bonds. The molecule has 1 saturated carbocycles. The van der Waals surface area contributed by atoms with Crippen molar-refractivity contribution in [1.82, 2.24) is 0 Å². The van der Waals surface area contributed by atoms with Crippen LogP contribution in [0.4, 0.5) is 11.4 Å². The number of rotatable bonds is 4. The second-order valence-corrected chi connectivity index (χ2v) is 5.84. The Kier molecular flexibility index (Phi) is 5.03. The molecule has 0 heterocycles. The van der Waals surface area contributed by atoms with Crippen LogP contribution in [-0.2, 0) is 14.4 Å². The third kappa shape index (κ3) is 3.98. The van der Waals surface area contributed by atoms with Crippen molar-refractivity contribution in [1.29, 1.82) is 0 Å². The van der Waals surface area contributed by atoms with Crippen molar-refractivity contribution in [2.24, 2.45) is 11.8 Å². The maximum absolute atomic E-state index is 12.3. The Balaban J connectivity index is 2.10. The third-order valence-corrected chi connectivity index (χ3v) is 3.94. The molecule has 0 bridgehead atoms. The van der Waals surface area contributed by atoms with E-state index in [2.05, 4.69) is 10.6 Å². The van der Waals surface area contributed by atoms with E-state index >= 15 is 0 Å². The van der Waals surface area contributed by atoms with Gasteiger partial charge in [-0.1, -0.05) is 11.6 Å². The first-order chi connectivity index (χ1) is 10.4. The molecule has 1 aromatic rings. The number of amides is 2. The van der Waals surface area contributed by atoms with Crippen LogP contribution >= 0.6 is 11.6 Å². The number of nitrogens with one attached hydrogen (secondary N) is 2. The second kappa shape index (κ2) is 6.79. The minimum atomic E-state index is -0.864. The normalized spacial score (nSPS) is 20.5.